The number of nitrogens with zero attached hydrogens (tertiary/aromatic N) is 3. The van der Waals surface area contributed by atoms with Crippen molar-refractivity contribution in [1.82, 2.24) is 26.2 Å². The van der Waals surface area contributed by atoms with E-state index in [0.29, 0.717) is 11.4 Å². The highest BCUT2D eigenvalue weighted by molar-refractivity contribution is 7.18. The molecule has 1 aliphatic heterocycles. The third-order valence-electron chi connectivity index (χ3n) is 5.40. The number of nitrogens with one attached hydrogen (secondary N) is 1. The Kier molecular flexibility index (Phi) is 4.91. The molecule has 2 aromatic heterocycles. The van der Waals surface area contributed by atoms with Crippen molar-refractivity contribution in [1.29, 1.82) is 0 Å². The molecule has 0 bridgehead atoms. The maximum absolute atomic E-state index is 14.8. The van der Waals surface area contributed by atoms with Crippen LogP contribution in [-0.4, -0.2) is 27.9 Å². The monoisotopic (exact) mass is 397 g/mol. The molecule has 5 rings (SSSR count). The second-order valence-electron chi connectivity index (χ2n) is 7.41. The minimum absolute atomic E-state index is 0. The number of aryl methyl sites for hydroxylation is 2. The van der Waals surface area contributed by atoms with Gasteiger partial charge in [-0.1, -0.05) is 0 Å². The number of hydrogen-bond donors (Lipinski definition) is 2. The van der Waals surface area contributed by atoms with Crippen LogP contribution in [0.5, 0.6) is 0 Å². The van der Waals surface area contributed by atoms with E-state index in [2.05, 4.69) is 40.5 Å². The molecule has 146 valence electrons. The average Bonchev–Trinajstić information content (AvgIpc) is 3.26. The quantitative estimate of drug-likeness (QED) is 0.503. The zero-order chi connectivity index (χ0) is 18.5. The zero-order valence-electron chi connectivity index (χ0n) is 16.1. The van der Waals surface area contributed by atoms with Crippen LogP contribution in [0.4, 0.5) is 4.39 Å². The van der Waals surface area contributed by atoms with E-state index in [1.54, 1.807) is 17.4 Å². The molecule has 4 N–H and O–H groups in total. The summed E-state index contributed by atoms with van der Waals surface area (Å²) < 4.78 is 17.6. The molecular formula is C21H24FN5S. The minimum Gasteiger partial charge on any atom is -0.344 e. The lowest BCUT2D eigenvalue weighted by Crippen LogP contribution is -2.26. The van der Waals surface area contributed by atoms with Crippen molar-refractivity contribution in [3.63, 3.8) is 0 Å². The van der Waals surface area contributed by atoms with E-state index in [-0.39, 0.29) is 12.0 Å². The Morgan fingerprint density at radius 3 is 2.64 bits per heavy atom. The van der Waals surface area contributed by atoms with Gasteiger partial charge in [-0.25, -0.2) is 9.37 Å². The lowest BCUT2D eigenvalue weighted by Gasteiger charge is -2.20. The Balaban J connectivity index is 0.00000192. The number of hydrogen-bond acceptors (Lipinski definition) is 5. The first-order valence-corrected chi connectivity index (χ1v) is 10.2. The van der Waals surface area contributed by atoms with Gasteiger partial charge in [0, 0.05) is 24.5 Å². The average molecular weight is 398 g/mol. The lowest BCUT2D eigenvalue weighted by atomic mass is 9.99. The number of fused-ring (bicyclic) bond motifs is 2. The Bertz CT molecular complexity index is 1160. The summed E-state index contributed by atoms with van der Waals surface area (Å²) in [6.45, 7) is 4.08. The first-order chi connectivity index (χ1) is 13.1. The second-order valence-corrected chi connectivity index (χ2v) is 8.48. The summed E-state index contributed by atoms with van der Waals surface area (Å²) in [5.41, 5.74) is 4.52. The Labute approximate surface area is 167 Å². The molecule has 5 nitrogen and oxygen atoms in total. The van der Waals surface area contributed by atoms with Crippen molar-refractivity contribution in [2.75, 3.05) is 13.1 Å². The summed E-state index contributed by atoms with van der Waals surface area (Å²) in [5, 5.41) is 10.0. The highest BCUT2D eigenvalue weighted by Gasteiger charge is 2.21. The maximum Gasteiger partial charge on any atom is 0.150 e. The molecule has 0 amide bonds. The van der Waals surface area contributed by atoms with Gasteiger partial charge in [0.1, 0.15) is 5.52 Å². The fraction of sp³-hybridized carbons (Fsp3) is 0.333. The van der Waals surface area contributed by atoms with Crippen LogP contribution in [0.2, 0.25) is 0 Å². The second kappa shape index (κ2) is 7.24. The molecule has 0 spiro atoms. The van der Waals surface area contributed by atoms with Gasteiger partial charge in [0.2, 0.25) is 0 Å². The van der Waals surface area contributed by atoms with Gasteiger partial charge in [0.15, 0.2) is 5.82 Å². The number of halogens is 1. The molecule has 0 aliphatic carbocycles. The summed E-state index contributed by atoms with van der Waals surface area (Å²) in [6, 6.07) is 7.87. The number of thiazole rings is 1. The third-order valence-corrected chi connectivity index (χ3v) is 6.57. The molecule has 2 aromatic carbocycles. The van der Waals surface area contributed by atoms with Crippen LogP contribution in [0.25, 0.3) is 32.2 Å². The third kappa shape index (κ3) is 3.19. The molecule has 28 heavy (non-hydrogen) atoms. The van der Waals surface area contributed by atoms with Crippen LogP contribution in [0.15, 0.2) is 30.5 Å². The normalized spacial score (nSPS) is 15.2. The van der Waals surface area contributed by atoms with Crippen LogP contribution in [-0.2, 0) is 7.05 Å². The van der Waals surface area contributed by atoms with Crippen molar-refractivity contribution >= 4 is 32.5 Å². The van der Waals surface area contributed by atoms with E-state index < -0.39 is 0 Å². The zero-order valence-corrected chi connectivity index (χ0v) is 16.9. The standard InChI is InChI=1S/C21H21FN4S.H3N/c1-12-7-14(8-16-11-26(2)25-19(12)16)15-9-17(22)20-18(10-15)27-21(24-20)13-3-5-23-6-4-13;/h7-11,13,23H,3-6H2,1-2H3;1H3. The van der Waals surface area contributed by atoms with Gasteiger partial charge in [-0.05, 0) is 73.8 Å². The van der Waals surface area contributed by atoms with E-state index in [0.717, 1.165) is 63.2 Å². The lowest BCUT2D eigenvalue weighted by molar-refractivity contribution is 0.459. The highest BCUT2D eigenvalue weighted by Crippen LogP contribution is 2.36. The highest BCUT2D eigenvalue weighted by atomic mass is 32.1. The van der Waals surface area contributed by atoms with Crippen LogP contribution in [0.3, 0.4) is 0 Å². The number of piperidine rings is 1. The van der Waals surface area contributed by atoms with Gasteiger partial charge in [0.25, 0.3) is 0 Å². The van der Waals surface area contributed by atoms with Crippen molar-refractivity contribution in [3.8, 4) is 11.1 Å². The van der Waals surface area contributed by atoms with E-state index >= 15 is 0 Å². The molecule has 3 heterocycles. The van der Waals surface area contributed by atoms with Crippen LogP contribution >= 0.6 is 11.3 Å². The van der Waals surface area contributed by atoms with Gasteiger partial charge < -0.3 is 11.5 Å². The fourth-order valence-electron chi connectivity index (χ4n) is 4.01. The first kappa shape index (κ1) is 19.0. The maximum atomic E-state index is 14.8. The number of rotatable bonds is 2. The molecular weight excluding hydrogens is 373 g/mol. The Morgan fingerprint density at radius 1 is 1.11 bits per heavy atom. The van der Waals surface area contributed by atoms with E-state index in [1.165, 1.54) is 0 Å². The number of aromatic nitrogens is 3. The van der Waals surface area contributed by atoms with Crippen LogP contribution in [0, 0.1) is 12.7 Å². The van der Waals surface area contributed by atoms with E-state index in [9.17, 15) is 4.39 Å². The van der Waals surface area contributed by atoms with Crippen LogP contribution < -0.4 is 11.5 Å². The Morgan fingerprint density at radius 2 is 1.86 bits per heavy atom. The van der Waals surface area contributed by atoms with Crippen molar-refractivity contribution < 1.29 is 4.39 Å². The molecule has 1 saturated heterocycles. The molecule has 1 aliphatic rings. The molecule has 0 unspecified atom stereocenters. The van der Waals surface area contributed by atoms with Gasteiger partial charge in [-0.15, -0.1) is 11.3 Å². The van der Waals surface area contributed by atoms with E-state index in [1.807, 2.05) is 17.9 Å². The van der Waals surface area contributed by atoms with Crippen molar-refractivity contribution in [3.05, 3.63) is 46.9 Å². The smallest absolute Gasteiger partial charge is 0.150 e. The summed E-state index contributed by atoms with van der Waals surface area (Å²) >= 11 is 1.64. The molecule has 4 aromatic rings. The topological polar surface area (TPSA) is 77.7 Å². The predicted octanol–water partition coefficient (Wildman–Crippen LogP) is 4.93. The van der Waals surface area contributed by atoms with Crippen LogP contribution in [0.1, 0.15) is 29.3 Å². The summed E-state index contributed by atoms with van der Waals surface area (Å²) in [7, 11) is 1.92. The molecule has 0 saturated carbocycles. The van der Waals surface area contributed by atoms with Gasteiger partial charge >= 0.3 is 0 Å². The predicted molar refractivity (Wildman–Crippen MR) is 114 cm³/mol. The van der Waals surface area contributed by atoms with Crippen molar-refractivity contribution in [2.45, 2.75) is 25.7 Å². The number of benzene rings is 2. The fourth-order valence-corrected chi connectivity index (χ4v) is 5.20. The molecule has 0 radical (unpaired) electrons. The van der Waals surface area contributed by atoms with Crippen molar-refractivity contribution in [2.24, 2.45) is 7.05 Å². The van der Waals surface area contributed by atoms with Gasteiger partial charge in [-0.2, -0.15) is 5.10 Å². The van der Waals surface area contributed by atoms with E-state index in [4.69, 9.17) is 0 Å². The largest absolute Gasteiger partial charge is 0.344 e. The Hall–Kier alpha value is -2.35. The summed E-state index contributed by atoms with van der Waals surface area (Å²) in [4.78, 5) is 4.64. The molecule has 7 heteroatoms. The first-order valence-electron chi connectivity index (χ1n) is 9.33. The summed E-state index contributed by atoms with van der Waals surface area (Å²) in [5.74, 6) is 0.211. The molecule has 1 fully saturated rings. The summed E-state index contributed by atoms with van der Waals surface area (Å²) in [6.07, 6.45) is 4.15. The minimum atomic E-state index is -0.233. The van der Waals surface area contributed by atoms with Gasteiger partial charge in [0.05, 0.1) is 15.2 Å². The SMILES string of the molecule is Cc1cc(-c2cc(F)c3nc(C4CCNCC4)sc3c2)cc2cn(C)nc12.N. The van der Waals surface area contributed by atoms with Gasteiger partial charge in [-0.3, -0.25) is 4.68 Å². The molecule has 0 atom stereocenters.